The van der Waals surface area contributed by atoms with Gasteiger partial charge in [-0.25, -0.2) is 0 Å². The van der Waals surface area contributed by atoms with Gasteiger partial charge in [-0.15, -0.1) is 0 Å². The minimum Gasteiger partial charge on any atom is -0.497 e. The smallest absolute Gasteiger partial charge is 0.113 e. The lowest BCUT2D eigenvalue weighted by atomic mass is 10.2. The average molecular weight is 204 g/mol. The fraction of sp³-hybridized carbons (Fsp3) is 0.167. The normalized spacial score (nSPS) is 11.3. The SMILES string of the molecule is C/C=C/C=C/OCc1cc(N)cc(N)c1. The molecule has 0 heterocycles. The van der Waals surface area contributed by atoms with Gasteiger partial charge in [0.25, 0.3) is 0 Å². The molecule has 0 fully saturated rings. The van der Waals surface area contributed by atoms with Crippen molar-refractivity contribution in [3.05, 3.63) is 48.3 Å². The largest absolute Gasteiger partial charge is 0.497 e. The van der Waals surface area contributed by atoms with E-state index in [2.05, 4.69) is 0 Å². The van der Waals surface area contributed by atoms with Gasteiger partial charge in [0.15, 0.2) is 0 Å². The van der Waals surface area contributed by atoms with Crippen molar-refractivity contribution in [2.24, 2.45) is 0 Å². The quantitative estimate of drug-likeness (QED) is 0.450. The maximum atomic E-state index is 5.65. The number of hydrogen-bond acceptors (Lipinski definition) is 3. The molecule has 0 aromatic heterocycles. The van der Waals surface area contributed by atoms with Crippen LogP contribution in [0.1, 0.15) is 12.5 Å². The summed E-state index contributed by atoms with van der Waals surface area (Å²) in [5, 5.41) is 0. The first-order valence-electron chi connectivity index (χ1n) is 4.76. The second-order valence-electron chi connectivity index (χ2n) is 3.17. The molecule has 1 rings (SSSR count). The fourth-order valence-corrected chi connectivity index (χ4v) is 1.19. The van der Waals surface area contributed by atoms with Crippen LogP contribution in [-0.4, -0.2) is 0 Å². The zero-order valence-electron chi connectivity index (χ0n) is 8.81. The third-order valence-corrected chi connectivity index (χ3v) is 1.77. The van der Waals surface area contributed by atoms with E-state index in [4.69, 9.17) is 16.2 Å². The van der Waals surface area contributed by atoms with Crippen molar-refractivity contribution < 1.29 is 4.74 Å². The highest BCUT2D eigenvalue weighted by Crippen LogP contribution is 2.14. The van der Waals surface area contributed by atoms with Gasteiger partial charge in [-0.05, 0) is 36.8 Å². The van der Waals surface area contributed by atoms with E-state index in [0.717, 1.165) is 5.56 Å². The van der Waals surface area contributed by atoms with Crippen LogP contribution < -0.4 is 11.5 Å². The number of allylic oxidation sites excluding steroid dienone is 3. The second kappa shape index (κ2) is 5.75. The summed E-state index contributed by atoms with van der Waals surface area (Å²) in [6, 6.07) is 5.42. The lowest BCUT2D eigenvalue weighted by Gasteiger charge is -2.04. The Kier molecular flexibility index (Phi) is 4.29. The van der Waals surface area contributed by atoms with E-state index >= 15 is 0 Å². The highest BCUT2D eigenvalue weighted by molar-refractivity contribution is 5.54. The third-order valence-electron chi connectivity index (χ3n) is 1.77. The fourth-order valence-electron chi connectivity index (χ4n) is 1.19. The van der Waals surface area contributed by atoms with Gasteiger partial charge in [0.2, 0.25) is 0 Å². The number of nitrogen functional groups attached to an aromatic ring is 2. The van der Waals surface area contributed by atoms with Gasteiger partial charge < -0.3 is 16.2 Å². The lowest BCUT2D eigenvalue weighted by molar-refractivity contribution is 0.236. The van der Waals surface area contributed by atoms with E-state index in [-0.39, 0.29) is 0 Å². The van der Waals surface area contributed by atoms with Crippen molar-refractivity contribution in [1.82, 2.24) is 0 Å². The van der Waals surface area contributed by atoms with Crippen LogP contribution in [0.3, 0.4) is 0 Å². The summed E-state index contributed by atoms with van der Waals surface area (Å²) in [5.41, 5.74) is 13.6. The predicted molar refractivity (Wildman–Crippen MR) is 64.0 cm³/mol. The van der Waals surface area contributed by atoms with Gasteiger partial charge in [-0.2, -0.15) is 0 Å². The molecular weight excluding hydrogens is 188 g/mol. The van der Waals surface area contributed by atoms with Crippen LogP contribution >= 0.6 is 0 Å². The van der Waals surface area contributed by atoms with Crippen LogP contribution in [0.4, 0.5) is 11.4 Å². The Balaban J connectivity index is 2.50. The first-order valence-corrected chi connectivity index (χ1v) is 4.76. The first kappa shape index (κ1) is 11.2. The maximum Gasteiger partial charge on any atom is 0.113 e. The summed E-state index contributed by atoms with van der Waals surface area (Å²) in [7, 11) is 0. The molecule has 3 heteroatoms. The Morgan fingerprint density at radius 3 is 2.40 bits per heavy atom. The molecule has 1 aromatic rings. The van der Waals surface area contributed by atoms with E-state index in [1.165, 1.54) is 0 Å². The molecule has 3 nitrogen and oxygen atoms in total. The van der Waals surface area contributed by atoms with Gasteiger partial charge in [0, 0.05) is 11.4 Å². The van der Waals surface area contributed by atoms with Gasteiger partial charge in [0.05, 0.1) is 6.26 Å². The summed E-state index contributed by atoms with van der Waals surface area (Å²) in [4.78, 5) is 0. The number of benzene rings is 1. The van der Waals surface area contributed by atoms with Gasteiger partial charge in [0.1, 0.15) is 6.61 Å². The first-order chi connectivity index (χ1) is 7.22. The molecule has 15 heavy (non-hydrogen) atoms. The minimum atomic E-state index is 0.475. The van der Waals surface area contributed by atoms with E-state index in [9.17, 15) is 0 Å². The van der Waals surface area contributed by atoms with Crippen LogP contribution in [0, 0.1) is 0 Å². The van der Waals surface area contributed by atoms with Crippen molar-refractivity contribution in [3.8, 4) is 0 Å². The molecule has 0 aliphatic carbocycles. The highest BCUT2D eigenvalue weighted by Gasteiger charge is 1.95. The number of nitrogens with two attached hydrogens (primary N) is 2. The number of hydrogen-bond donors (Lipinski definition) is 2. The molecule has 0 unspecified atom stereocenters. The molecule has 0 aliphatic rings. The summed E-state index contributed by atoms with van der Waals surface area (Å²) >= 11 is 0. The molecule has 0 saturated heterocycles. The molecular formula is C12H16N2O. The summed E-state index contributed by atoms with van der Waals surface area (Å²) in [6.45, 7) is 2.42. The molecule has 0 atom stereocenters. The molecule has 0 bridgehead atoms. The molecule has 0 saturated carbocycles. The number of rotatable bonds is 4. The molecule has 0 amide bonds. The summed E-state index contributed by atoms with van der Waals surface area (Å²) in [5.74, 6) is 0. The Bertz CT molecular complexity index is 350. The molecule has 80 valence electrons. The maximum absolute atomic E-state index is 5.65. The molecule has 4 N–H and O–H groups in total. The Morgan fingerprint density at radius 1 is 1.13 bits per heavy atom. The van der Waals surface area contributed by atoms with Crippen molar-refractivity contribution in [3.63, 3.8) is 0 Å². The zero-order valence-corrected chi connectivity index (χ0v) is 8.81. The van der Waals surface area contributed by atoms with Crippen molar-refractivity contribution in [2.75, 3.05) is 11.5 Å². The monoisotopic (exact) mass is 204 g/mol. The van der Waals surface area contributed by atoms with E-state index < -0.39 is 0 Å². The number of ether oxygens (including phenoxy) is 1. The topological polar surface area (TPSA) is 61.3 Å². The van der Waals surface area contributed by atoms with E-state index in [1.54, 1.807) is 12.3 Å². The van der Waals surface area contributed by atoms with Crippen molar-refractivity contribution in [2.45, 2.75) is 13.5 Å². The lowest BCUT2D eigenvalue weighted by Crippen LogP contribution is -1.94. The molecule has 1 aromatic carbocycles. The average Bonchev–Trinajstić information content (AvgIpc) is 2.16. The van der Waals surface area contributed by atoms with Crippen LogP contribution in [0.5, 0.6) is 0 Å². The molecule has 0 spiro atoms. The standard InChI is InChI=1S/C12H16N2O/c1-2-3-4-5-15-9-10-6-11(13)8-12(14)7-10/h2-8H,9,13-14H2,1H3/b3-2+,5-4+. The van der Waals surface area contributed by atoms with Gasteiger partial charge in [-0.1, -0.05) is 12.2 Å². The highest BCUT2D eigenvalue weighted by atomic mass is 16.5. The van der Waals surface area contributed by atoms with Crippen molar-refractivity contribution >= 4 is 11.4 Å². The second-order valence-corrected chi connectivity index (χ2v) is 3.17. The number of anilines is 2. The Hall–Kier alpha value is -1.90. The molecule has 0 aliphatic heterocycles. The van der Waals surface area contributed by atoms with E-state index in [1.807, 2.05) is 37.3 Å². The summed E-state index contributed by atoms with van der Waals surface area (Å²) < 4.78 is 5.29. The van der Waals surface area contributed by atoms with Crippen molar-refractivity contribution in [1.29, 1.82) is 0 Å². The van der Waals surface area contributed by atoms with Gasteiger partial charge in [-0.3, -0.25) is 0 Å². The van der Waals surface area contributed by atoms with Crippen LogP contribution in [0.2, 0.25) is 0 Å². The summed E-state index contributed by atoms with van der Waals surface area (Å²) in [6.07, 6.45) is 7.29. The van der Waals surface area contributed by atoms with E-state index in [0.29, 0.717) is 18.0 Å². The Morgan fingerprint density at radius 2 is 1.80 bits per heavy atom. The van der Waals surface area contributed by atoms with Crippen LogP contribution in [0.25, 0.3) is 0 Å². The van der Waals surface area contributed by atoms with Crippen LogP contribution in [0.15, 0.2) is 42.7 Å². The van der Waals surface area contributed by atoms with Crippen LogP contribution in [-0.2, 0) is 11.3 Å². The zero-order chi connectivity index (χ0) is 11.1. The molecule has 0 radical (unpaired) electrons. The van der Waals surface area contributed by atoms with Gasteiger partial charge >= 0.3 is 0 Å². The Labute approximate surface area is 90.0 Å². The minimum absolute atomic E-state index is 0.475. The predicted octanol–water partition coefficient (Wildman–Crippen LogP) is 2.46. The third kappa shape index (κ3) is 4.22.